The van der Waals surface area contributed by atoms with E-state index in [-0.39, 0.29) is 5.02 Å². The van der Waals surface area contributed by atoms with E-state index in [0.717, 1.165) is 12.1 Å². The maximum atomic E-state index is 11.0. The number of primary sulfonamides is 1. The van der Waals surface area contributed by atoms with Gasteiger partial charge in [-0.3, -0.25) is 10.1 Å². The molecule has 6 nitrogen and oxygen atoms in total. The van der Waals surface area contributed by atoms with Crippen molar-refractivity contribution in [2.75, 3.05) is 0 Å². The van der Waals surface area contributed by atoms with Crippen molar-refractivity contribution in [3.63, 3.8) is 0 Å². The highest BCUT2D eigenvalue weighted by Gasteiger charge is 2.24. The maximum absolute atomic E-state index is 11.0. The molecule has 2 N–H and O–H groups in total. The highest BCUT2D eigenvalue weighted by molar-refractivity contribution is 7.89. The number of hydrogen-bond donors (Lipinski definition) is 1. The van der Waals surface area contributed by atoms with Crippen LogP contribution in [0.3, 0.4) is 0 Å². The summed E-state index contributed by atoms with van der Waals surface area (Å²) >= 11 is 5.65. The summed E-state index contributed by atoms with van der Waals surface area (Å²) in [6.45, 7) is 1.53. The van der Waals surface area contributed by atoms with Gasteiger partial charge in [-0.25, -0.2) is 13.6 Å². The van der Waals surface area contributed by atoms with Crippen LogP contribution in [-0.4, -0.2) is 13.3 Å². The van der Waals surface area contributed by atoms with Crippen molar-refractivity contribution in [2.45, 2.75) is 11.8 Å². The number of rotatable bonds is 2. The Labute approximate surface area is 90.9 Å². The molecule has 8 heteroatoms. The predicted molar refractivity (Wildman–Crippen MR) is 54.2 cm³/mol. The molecule has 1 rings (SSSR count). The van der Waals surface area contributed by atoms with E-state index < -0.39 is 25.5 Å². The Morgan fingerprint density at radius 3 is 2.40 bits per heavy atom. The highest BCUT2D eigenvalue weighted by atomic mass is 35.5. The van der Waals surface area contributed by atoms with Gasteiger partial charge in [-0.05, 0) is 18.6 Å². The third-order valence-electron chi connectivity index (χ3n) is 1.74. The van der Waals surface area contributed by atoms with E-state index in [0.29, 0.717) is 5.56 Å². The number of nitrogens with zero attached hydrogens (tertiary/aromatic N) is 1. The molecule has 0 aliphatic carbocycles. The fourth-order valence-corrected chi connectivity index (χ4v) is 1.95. The van der Waals surface area contributed by atoms with Crippen LogP contribution in [0.4, 0.5) is 5.69 Å². The van der Waals surface area contributed by atoms with Gasteiger partial charge in [-0.15, -0.1) is 0 Å². The van der Waals surface area contributed by atoms with Crippen LogP contribution in [0.2, 0.25) is 5.02 Å². The Balaban J connectivity index is 3.64. The summed E-state index contributed by atoms with van der Waals surface area (Å²) in [5.74, 6) is 0. The molecule has 0 radical (unpaired) electrons. The molecule has 82 valence electrons. The number of benzene rings is 1. The Hall–Kier alpha value is -1.18. The zero-order valence-electron chi connectivity index (χ0n) is 7.60. The van der Waals surface area contributed by atoms with Crippen molar-refractivity contribution in [1.82, 2.24) is 0 Å². The minimum absolute atomic E-state index is 0.115. The molecule has 0 heterocycles. The predicted octanol–water partition coefficient (Wildman–Crippen LogP) is 1.20. The summed E-state index contributed by atoms with van der Waals surface area (Å²) in [5.41, 5.74) is -0.157. The van der Waals surface area contributed by atoms with Crippen LogP contribution in [-0.2, 0) is 10.0 Å². The summed E-state index contributed by atoms with van der Waals surface area (Å²) < 4.78 is 22.1. The van der Waals surface area contributed by atoms with E-state index in [1.165, 1.54) is 6.92 Å². The topological polar surface area (TPSA) is 103 Å². The monoisotopic (exact) mass is 250 g/mol. The van der Waals surface area contributed by atoms with Gasteiger partial charge in [0.05, 0.1) is 4.92 Å². The molecule has 0 amide bonds. The normalized spacial score (nSPS) is 11.4. The lowest BCUT2D eigenvalue weighted by atomic mass is 10.2. The lowest BCUT2D eigenvalue weighted by molar-refractivity contribution is -0.387. The smallest absolute Gasteiger partial charge is 0.258 e. The summed E-state index contributed by atoms with van der Waals surface area (Å²) in [4.78, 5) is 9.18. The van der Waals surface area contributed by atoms with Crippen LogP contribution >= 0.6 is 11.6 Å². The second-order valence-corrected chi connectivity index (χ2v) is 4.81. The largest absolute Gasteiger partial charge is 0.289 e. The summed E-state index contributed by atoms with van der Waals surface area (Å²) in [6.07, 6.45) is 0. The van der Waals surface area contributed by atoms with Crippen molar-refractivity contribution >= 4 is 27.3 Å². The molecule has 1 aromatic rings. The first-order chi connectivity index (χ1) is 6.73. The van der Waals surface area contributed by atoms with Crippen LogP contribution in [0.5, 0.6) is 0 Å². The molecule has 0 saturated carbocycles. The zero-order valence-corrected chi connectivity index (χ0v) is 9.17. The molecule has 0 fully saturated rings. The second kappa shape index (κ2) is 3.76. The third kappa shape index (κ3) is 2.44. The van der Waals surface area contributed by atoms with Crippen molar-refractivity contribution in [3.8, 4) is 0 Å². The molecule has 0 atom stereocenters. The maximum Gasteiger partial charge on any atom is 0.289 e. The van der Waals surface area contributed by atoms with Crippen LogP contribution in [0, 0.1) is 17.0 Å². The van der Waals surface area contributed by atoms with Gasteiger partial charge in [-0.2, -0.15) is 0 Å². The van der Waals surface area contributed by atoms with Gasteiger partial charge in [0.2, 0.25) is 10.0 Å². The van der Waals surface area contributed by atoms with E-state index in [1.807, 2.05) is 0 Å². The average Bonchev–Trinajstić information content (AvgIpc) is 2.06. The van der Waals surface area contributed by atoms with Gasteiger partial charge in [-0.1, -0.05) is 11.6 Å². The first kappa shape index (κ1) is 11.9. The second-order valence-electron chi connectivity index (χ2n) is 2.87. The number of aryl methyl sites for hydroxylation is 1. The van der Waals surface area contributed by atoms with Gasteiger partial charge in [0.25, 0.3) is 5.69 Å². The van der Waals surface area contributed by atoms with Crippen molar-refractivity contribution in [3.05, 3.63) is 32.8 Å². The Morgan fingerprint density at radius 1 is 1.47 bits per heavy atom. The fraction of sp³-hybridized carbons (Fsp3) is 0.143. The molecule has 0 saturated heterocycles. The number of nitro benzene ring substituents is 1. The van der Waals surface area contributed by atoms with Crippen molar-refractivity contribution < 1.29 is 13.3 Å². The number of hydrogen-bond acceptors (Lipinski definition) is 4. The van der Waals surface area contributed by atoms with E-state index in [4.69, 9.17) is 16.7 Å². The lowest BCUT2D eigenvalue weighted by Crippen LogP contribution is -2.14. The standard InChI is InChI=1S/C7H7ClN2O4S/c1-4-2-6(10(11)12)7(3-5(4)8)15(9,13)14/h2-3H,1H3,(H2,9,13,14). The summed E-state index contributed by atoms with van der Waals surface area (Å²) in [5, 5.41) is 15.5. The number of nitrogens with two attached hydrogens (primary N) is 1. The van der Waals surface area contributed by atoms with Gasteiger partial charge < -0.3 is 0 Å². The average molecular weight is 251 g/mol. The first-order valence-corrected chi connectivity index (χ1v) is 5.63. The Morgan fingerprint density at radius 2 is 2.00 bits per heavy atom. The van der Waals surface area contributed by atoms with Crippen LogP contribution in [0.15, 0.2) is 17.0 Å². The molecule has 0 aliphatic rings. The Kier molecular flexibility index (Phi) is 2.98. The number of sulfonamides is 1. The quantitative estimate of drug-likeness (QED) is 0.629. The number of nitro groups is 1. The van der Waals surface area contributed by atoms with E-state index in [2.05, 4.69) is 0 Å². The lowest BCUT2D eigenvalue weighted by Gasteiger charge is -2.03. The summed E-state index contributed by atoms with van der Waals surface area (Å²) in [6, 6.07) is 2.05. The highest BCUT2D eigenvalue weighted by Crippen LogP contribution is 2.28. The van der Waals surface area contributed by atoms with Crippen molar-refractivity contribution in [2.24, 2.45) is 5.14 Å². The van der Waals surface area contributed by atoms with Gasteiger partial charge in [0.1, 0.15) is 0 Å². The molecule has 1 aromatic carbocycles. The molecule has 0 unspecified atom stereocenters. The Bertz CT molecular complexity index is 526. The minimum atomic E-state index is -4.14. The first-order valence-electron chi connectivity index (χ1n) is 3.71. The molecule has 15 heavy (non-hydrogen) atoms. The molecule has 0 aliphatic heterocycles. The van der Waals surface area contributed by atoms with E-state index in [9.17, 15) is 18.5 Å². The van der Waals surface area contributed by atoms with E-state index in [1.54, 1.807) is 0 Å². The fourth-order valence-electron chi connectivity index (χ4n) is 1.02. The van der Waals surface area contributed by atoms with Crippen LogP contribution in [0.25, 0.3) is 0 Å². The third-order valence-corrected chi connectivity index (χ3v) is 3.09. The SMILES string of the molecule is Cc1cc([N+](=O)[O-])c(S(N)(=O)=O)cc1Cl. The molecule has 0 aromatic heterocycles. The molecular formula is C7H7ClN2O4S. The van der Waals surface area contributed by atoms with Gasteiger partial charge in [0.15, 0.2) is 4.90 Å². The molecular weight excluding hydrogens is 244 g/mol. The summed E-state index contributed by atoms with van der Waals surface area (Å²) in [7, 11) is -4.14. The molecule has 0 spiro atoms. The van der Waals surface area contributed by atoms with Crippen molar-refractivity contribution in [1.29, 1.82) is 0 Å². The number of halogens is 1. The molecule has 0 bridgehead atoms. The van der Waals surface area contributed by atoms with Crippen LogP contribution < -0.4 is 5.14 Å². The van der Waals surface area contributed by atoms with E-state index >= 15 is 0 Å². The van der Waals surface area contributed by atoms with Gasteiger partial charge >= 0.3 is 0 Å². The zero-order chi connectivity index (χ0) is 11.8. The minimum Gasteiger partial charge on any atom is -0.258 e. The van der Waals surface area contributed by atoms with Gasteiger partial charge in [0, 0.05) is 11.1 Å². The van der Waals surface area contributed by atoms with Crippen LogP contribution in [0.1, 0.15) is 5.56 Å².